The van der Waals surface area contributed by atoms with Gasteiger partial charge in [0.25, 0.3) is 0 Å². The van der Waals surface area contributed by atoms with Crippen molar-refractivity contribution in [2.75, 3.05) is 10.6 Å². The molecular formula is C19H17ClF2N2O3. The Kier molecular flexibility index (Phi) is 5.91. The van der Waals surface area contributed by atoms with Crippen molar-refractivity contribution >= 4 is 34.8 Å². The van der Waals surface area contributed by atoms with E-state index >= 15 is 0 Å². The first-order valence-electron chi connectivity index (χ1n) is 8.35. The molecule has 0 saturated carbocycles. The summed E-state index contributed by atoms with van der Waals surface area (Å²) in [6.45, 7) is -2.98. The van der Waals surface area contributed by atoms with Crippen LogP contribution in [0, 0.1) is 5.92 Å². The van der Waals surface area contributed by atoms with Crippen molar-refractivity contribution in [3.63, 3.8) is 0 Å². The molecular weight excluding hydrogens is 378 g/mol. The van der Waals surface area contributed by atoms with Crippen molar-refractivity contribution in [2.24, 2.45) is 5.92 Å². The zero-order chi connectivity index (χ0) is 19.4. The third-order valence-corrected chi connectivity index (χ3v) is 4.56. The number of hydrogen-bond donors (Lipinski definition) is 2. The van der Waals surface area contributed by atoms with Gasteiger partial charge in [0.15, 0.2) is 0 Å². The summed E-state index contributed by atoms with van der Waals surface area (Å²) in [4.78, 5) is 24.3. The molecule has 1 aliphatic rings. The van der Waals surface area contributed by atoms with Crippen LogP contribution in [0.2, 0.25) is 5.02 Å². The highest BCUT2D eigenvalue weighted by Crippen LogP contribution is 2.30. The fraction of sp³-hybridized carbons (Fsp3) is 0.263. The maximum Gasteiger partial charge on any atom is 0.387 e. The molecule has 8 heteroatoms. The quantitative estimate of drug-likeness (QED) is 0.759. The highest BCUT2D eigenvalue weighted by Gasteiger charge is 2.26. The van der Waals surface area contributed by atoms with E-state index in [1.54, 1.807) is 0 Å². The number of amides is 2. The number of fused-ring (bicyclic) bond motifs is 1. The zero-order valence-corrected chi connectivity index (χ0v) is 14.9. The van der Waals surface area contributed by atoms with Crippen LogP contribution in [0.15, 0.2) is 42.5 Å². The van der Waals surface area contributed by atoms with Gasteiger partial charge in [-0.1, -0.05) is 29.8 Å². The lowest BCUT2D eigenvalue weighted by Gasteiger charge is -2.24. The Labute approximate surface area is 159 Å². The van der Waals surface area contributed by atoms with Gasteiger partial charge in [0.1, 0.15) is 5.75 Å². The lowest BCUT2D eigenvalue weighted by Crippen LogP contribution is -2.30. The first-order valence-corrected chi connectivity index (χ1v) is 8.73. The van der Waals surface area contributed by atoms with Gasteiger partial charge in [-0.3, -0.25) is 9.59 Å². The van der Waals surface area contributed by atoms with Crippen molar-refractivity contribution in [3.05, 3.63) is 53.1 Å². The monoisotopic (exact) mass is 394 g/mol. The maximum absolute atomic E-state index is 12.2. The smallest absolute Gasteiger partial charge is 0.387 e. The van der Waals surface area contributed by atoms with E-state index in [2.05, 4.69) is 15.4 Å². The fourth-order valence-electron chi connectivity index (χ4n) is 2.95. The Hall–Kier alpha value is -2.67. The molecule has 5 nitrogen and oxygen atoms in total. The zero-order valence-electron chi connectivity index (χ0n) is 14.2. The molecule has 2 N–H and O–H groups in total. The molecule has 0 saturated heterocycles. The number of rotatable bonds is 6. The van der Waals surface area contributed by atoms with E-state index < -0.39 is 6.61 Å². The van der Waals surface area contributed by atoms with Crippen molar-refractivity contribution in [1.29, 1.82) is 0 Å². The average molecular weight is 395 g/mol. The van der Waals surface area contributed by atoms with Crippen LogP contribution in [0.3, 0.4) is 0 Å². The number of anilines is 2. The second kappa shape index (κ2) is 8.35. The Morgan fingerprint density at radius 3 is 2.81 bits per heavy atom. The number of carbonyl (C=O) groups is 2. The summed E-state index contributed by atoms with van der Waals surface area (Å²) in [5.74, 6) is -0.837. The van der Waals surface area contributed by atoms with Crippen LogP contribution < -0.4 is 15.4 Å². The molecule has 142 valence electrons. The minimum atomic E-state index is -2.98. The van der Waals surface area contributed by atoms with Crippen LogP contribution >= 0.6 is 11.6 Å². The summed E-state index contributed by atoms with van der Waals surface area (Å²) in [6.07, 6.45) is 1.13. The van der Waals surface area contributed by atoms with Gasteiger partial charge in [-0.25, -0.2) is 0 Å². The van der Waals surface area contributed by atoms with E-state index in [1.807, 2.05) is 24.3 Å². The van der Waals surface area contributed by atoms with E-state index in [9.17, 15) is 18.4 Å². The van der Waals surface area contributed by atoms with Gasteiger partial charge in [0, 0.05) is 23.7 Å². The lowest BCUT2D eigenvalue weighted by molar-refractivity contribution is -0.121. The van der Waals surface area contributed by atoms with Crippen LogP contribution in [0.1, 0.15) is 18.4 Å². The number of hydrogen-bond acceptors (Lipinski definition) is 3. The summed E-state index contributed by atoms with van der Waals surface area (Å²) in [7, 11) is 0. The number of nitrogens with one attached hydrogen (secondary N) is 2. The lowest BCUT2D eigenvalue weighted by atomic mass is 9.89. The number of alkyl halides is 2. The number of para-hydroxylation sites is 1. The van der Waals surface area contributed by atoms with Crippen molar-refractivity contribution < 1.29 is 23.1 Å². The second-order valence-corrected chi connectivity index (χ2v) is 6.57. The predicted octanol–water partition coefficient (Wildman–Crippen LogP) is 4.47. The molecule has 1 aliphatic heterocycles. The Morgan fingerprint density at radius 1 is 1.30 bits per heavy atom. The van der Waals surface area contributed by atoms with E-state index in [4.69, 9.17) is 11.6 Å². The van der Waals surface area contributed by atoms with Crippen LogP contribution in [0.25, 0.3) is 0 Å². The van der Waals surface area contributed by atoms with Gasteiger partial charge in [-0.2, -0.15) is 8.78 Å². The molecule has 2 aromatic carbocycles. The average Bonchev–Trinajstić information content (AvgIpc) is 2.62. The molecule has 0 radical (unpaired) electrons. The molecule has 1 atom stereocenters. The summed E-state index contributed by atoms with van der Waals surface area (Å²) in [5, 5.41) is 5.46. The predicted molar refractivity (Wildman–Crippen MR) is 98.2 cm³/mol. The first kappa shape index (κ1) is 19.1. The molecule has 2 aromatic rings. The third kappa shape index (κ3) is 4.95. The standard InChI is InChI=1S/C19H17ClF2N2O3/c20-14-10-13(6-7-16(14)27-19(21)22)23-17(25)8-5-12-9-11-3-1-2-4-15(11)24-18(12)26/h1-4,6-7,10,12,19H,5,8-9H2,(H,23,25)(H,24,26)/t12-/m0/s1. The number of benzene rings is 2. The van der Waals surface area contributed by atoms with E-state index in [0.717, 1.165) is 11.3 Å². The largest absolute Gasteiger partial charge is 0.433 e. The van der Waals surface area contributed by atoms with E-state index in [0.29, 0.717) is 18.5 Å². The van der Waals surface area contributed by atoms with Crippen LogP contribution in [0.4, 0.5) is 20.2 Å². The van der Waals surface area contributed by atoms with Gasteiger partial charge < -0.3 is 15.4 Å². The molecule has 0 aromatic heterocycles. The molecule has 0 unspecified atom stereocenters. The minimum Gasteiger partial charge on any atom is -0.433 e. The van der Waals surface area contributed by atoms with Crippen molar-refractivity contribution in [3.8, 4) is 5.75 Å². The molecule has 0 aliphatic carbocycles. The highest BCUT2D eigenvalue weighted by atomic mass is 35.5. The Bertz CT molecular complexity index is 861. The second-order valence-electron chi connectivity index (χ2n) is 6.16. The summed E-state index contributed by atoms with van der Waals surface area (Å²) < 4.78 is 28.7. The Balaban J connectivity index is 1.54. The fourth-order valence-corrected chi connectivity index (χ4v) is 3.17. The molecule has 27 heavy (non-hydrogen) atoms. The third-order valence-electron chi connectivity index (χ3n) is 4.26. The number of carbonyl (C=O) groups excluding carboxylic acids is 2. The van der Waals surface area contributed by atoms with Gasteiger partial charge in [0.2, 0.25) is 11.8 Å². The first-order chi connectivity index (χ1) is 12.9. The van der Waals surface area contributed by atoms with Gasteiger partial charge >= 0.3 is 6.61 Å². The van der Waals surface area contributed by atoms with Gasteiger partial charge in [-0.15, -0.1) is 0 Å². The van der Waals surface area contributed by atoms with Crippen LogP contribution in [0.5, 0.6) is 5.75 Å². The molecule has 1 heterocycles. The maximum atomic E-state index is 12.2. The van der Waals surface area contributed by atoms with Gasteiger partial charge in [0.05, 0.1) is 5.02 Å². The van der Waals surface area contributed by atoms with Crippen molar-refractivity contribution in [1.82, 2.24) is 0 Å². The number of ether oxygens (including phenoxy) is 1. The highest BCUT2D eigenvalue weighted by molar-refractivity contribution is 6.32. The minimum absolute atomic E-state index is 0.0311. The molecule has 3 rings (SSSR count). The molecule has 0 fully saturated rings. The summed E-state index contributed by atoms with van der Waals surface area (Å²) in [5.41, 5.74) is 2.22. The van der Waals surface area contributed by atoms with E-state index in [-0.39, 0.29) is 34.9 Å². The van der Waals surface area contributed by atoms with E-state index in [1.165, 1.54) is 18.2 Å². The molecule has 0 bridgehead atoms. The summed E-state index contributed by atoms with van der Waals surface area (Å²) >= 11 is 5.86. The topological polar surface area (TPSA) is 67.4 Å². The normalized spacial score (nSPS) is 15.9. The number of halogens is 3. The van der Waals surface area contributed by atoms with Crippen molar-refractivity contribution in [2.45, 2.75) is 25.9 Å². The van der Waals surface area contributed by atoms with Gasteiger partial charge in [-0.05, 0) is 42.7 Å². The molecule has 2 amide bonds. The molecule has 0 spiro atoms. The summed E-state index contributed by atoms with van der Waals surface area (Å²) in [6, 6.07) is 11.6. The Morgan fingerprint density at radius 2 is 2.07 bits per heavy atom. The SMILES string of the molecule is O=C(CC[C@H]1Cc2ccccc2NC1=O)Nc1ccc(OC(F)F)c(Cl)c1. The van der Waals surface area contributed by atoms with Crippen LogP contribution in [-0.2, 0) is 16.0 Å². The van der Waals surface area contributed by atoms with Crippen LogP contribution in [-0.4, -0.2) is 18.4 Å².